The maximum absolute atomic E-state index is 14.0. The largest absolute Gasteiger partial charge is 0.309 e. The van der Waals surface area contributed by atoms with Crippen LogP contribution >= 0.6 is 27.5 Å². The van der Waals surface area contributed by atoms with E-state index in [-0.39, 0.29) is 15.6 Å². The lowest BCUT2D eigenvalue weighted by Crippen LogP contribution is -2.20. The maximum atomic E-state index is 14.0. The smallest absolute Gasteiger partial charge is 0.137 e. The molecule has 2 aromatic rings. The van der Waals surface area contributed by atoms with Crippen LogP contribution < -0.4 is 5.32 Å². The van der Waals surface area contributed by atoms with Gasteiger partial charge in [0.1, 0.15) is 17.5 Å². The third-order valence-electron chi connectivity index (χ3n) is 2.91. The highest BCUT2D eigenvalue weighted by molar-refractivity contribution is 9.10. The van der Waals surface area contributed by atoms with Crippen LogP contribution in [0, 0.1) is 17.5 Å². The van der Waals surface area contributed by atoms with Crippen LogP contribution in [0.1, 0.15) is 17.2 Å². The number of benzene rings is 2. The summed E-state index contributed by atoms with van der Waals surface area (Å²) < 4.78 is 41.5. The van der Waals surface area contributed by atoms with Crippen molar-refractivity contribution in [3.05, 3.63) is 68.4 Å². The summed E-state index contributed by atoms with van der Waals surface area (Å²) in [6.07, 6.45) is 0. The Labute approximate surface area is 127 Å². The van der Waals surface area contributed by atoms with Crippen LogP contribution in [0.3, 0.4) is 0 Å². The van der Waals surface area contributed by atoms with Gasteiger partial charge in [0.25, 0.3) is 0 Å². The normalized spacial score (nSPS) is 12.5. The molecule has 106 valence electrons. The predicted molar refractivity (Wildman–Crippen MR) is 76.4 cm³/mol. The highest BCUT2D eigenvalue weighted by Gasteiger charge is 2.21. The van der Waals surface area contributed by atoms with E-state index in [9.17, 15) is 13.2 Å². The van der Waals surface area contributed by atoms with E-state index >= 15 is 0 Å². The van der Waals surface area contributed by atoms with Crippen molar-refractivity contribution in [1.82, 2.24) is 5.32 Å². The van der Waals surface area contributed by atoms with Gasteiger partial charge in [0, 0.05) is 16.1 Å². The Morgan fingerprint density at radius 1 is 1.00 bits per heavy atom. The first-order valence-electron chi connectivity index (χ1n) is 5.70. The minimum atomic E-state index is -0.837. The van der Waals surface area contributed by atoms with Crippen LogP contribution in [0.2, 0.25) is 5.02 Å². The monoisotopic (exact) mass is 363 g/mol. The van der Waals surface area contributed by atoms with Crippen molar-refractivity contribution in [2.45, 2.75) is 6.04 Å². The second-order valence-electron chi connectivity index (χ2n) is 4.18. The molecule has 0 aliphatic carbocycles. The molecule has 1 N–H and O–H groups in total. The molecule has 0 aliphatic rings. The number of halogens is 5. The van der Waals surface area contributed by atoms with Gasteiger partial charge in [-0.2, -0.15) is 0 Å². The van der Waals surface area contributed by atoms with E-state index in [1.54, 1.807) is 0 Å². The Morgan fingerprint density at radius 2 is 1.65 bits per heavy atom. The predicted octanol–water partition coefficient (Wildman–Crippen LogP) is 4.83. The van der Waals surface area contributed by atoms with Gasteiger partial charge in [-0.15, -0.1) is 0 Å². The zero-order valence-corrected chi connectivity index (χ0v) is 12.7. The van der Waals surface area contributed by atoms with E-state index in [0.717, 1.165) is 12.1 Å². The average Bonchev–Trinajstić information content (AvgIpc) is 2.40. The van der Waals surface area contributed by atoms with Gasteiger partial charge in [-0.05, 0) is 53.3 Å². The lowest BCUT2D eigenvalue weighted by atomic mass is 9.97. The number of rotatable bonds is 3. The van der Waals surface area contributed by atoms with Crippen LogP contribution in [-0.4, -0.2) is 7.05 Å². The summed E-state index contributed by atoms with van der Waals surface area (Å²) >= 11 is 8.73. The topological polar surface area (TPSA) is 12.0 Å². The summed E-state index contributed by atoms with van der Waals surface area (Å²) in [6, 6.07) is 5.17. The lowest BCUT2D eigenvalue weighted by molar-refractivity contribution is 0.535. The molecule has 2 rings (SSSR count). The molecule has 1 atom stereocenters. The molecule has 0 amide bonds. The molecule has 0 radical (unpaired) electrons. The zero-order valence-electron chi connectivity index (χ0n) is 10.4. The summed E-state index contributed by atoms with van der Waals surface area (Å²) in [5, 5.41) is 3.09. The molecule has 6 heteroatoms. The van der Waals surface area contributed by atoms with Crippen molar-refractivity contribution in [3.8, 4) is 0 Å². The molecule has 0 aromatic heterocycles. The van der Waals surface area contributed by atoms with Crippen LogP contribution in [0.4, 0.5) is 13.2 Å². The molecule has 1 unspecified atom stereocenters. The molecule has 1 nitrogen and oxygen atoms in total. The van der Waals surface area contributed by atoms with E-state index in [0.29, 0.717) is 5.02 Å². The Morgan fingerprint density at radius 3 is 2.30 bits per heavy atom. The first-order chi connectivity index (χ1) is 9.43. The Hall–Kier alpha value is -1.04. The molecule has 0 saturated carbocycles. The quantitative estimate of drug-likeness (QED) is 0.769. The van der Waals surface area contributed by atoms with E-state index in [4.69, 9.17) is 11.6 Å². The fourth-order valence-electron chi connectivity index (χ4n) is 1.97. The van der Waals surface area contributed by atoms with Crippen LogP contribution in [0.15, 0.2) is 34.8 Å². The van der Waals surface area contributed by atoms with E-state index < -0.39 is 23.5 Å². The summed E-state index contributed by atoms with van der Waals surface area (Å²) in [6.45, 7) is 0. The molecule has 0 heterocycles. The Bertz CT molecular complexity index is 649. The molecule has 0 aliphatic heterocycles. The minimum Gasteiger partial charge on any atom is -0.309 e. The third kappa shape index (κ3) is 3.00. The molecule has 0 bridgehead atoms. The number of hydrogen-bond acceptors (Lipinski definition) is 1. The van der Waals surface area contributed by atoms with E-state index in [1.165, 1.54) is 25.2 Å². The summed E-state index contributed by atoms with van der Waals surface area (Å²) in [5.74, 6) is -1.81. The highest BCUT2D eigenvalue weighted by atomic mass is 79.9. The van der Waals surface area contributed by atoms with E-state index in [2.05, 4.69) is 21.2 Å². The van der Waals surface area contributed by atoms with Crippen molar-refractivity contribution < 1.29 is 13.2 Å². The fraction of sp³-hybridized carbons (Fsp3) is 0.143. The van der Waals surface area contributed by atoms with Gasteiger partial charge in [0.2, 0.25) is 0 Å². The van der Waals surface area contributed by atoms with Crippen molar-refractivity contribution in [1.29, 1.82) is 0 Å². The Balaban J connectivity index is 2.58. The summed E-state index contributed by atoms with van der Waals surface area (Å²) in [4.78, 5) is 0. The minimum absolute atomic E-state index is 0.00867. The van der Waals surface area contributed by atoms with E-state index in [1.807, 2.05) is 0 Å². The van der Waals surface area contributed by atoms with Gasteiger partial charge in [0.15, 0.2) is 0 Å². The molecule has 0 fully saturated rings. The van der Waals surface area contributed by atoms with Gasteiger partial charge in [-0.25, -0.2) is 13.2 Å². The molecular weight excluding hydrogens is 355 g/mol. The van der Waals surface area contributed by atoms with Gasteiger partial charge in [-0.1, -0.05) is 11.6 Å². The Kier molecular flexibility index (Phi) is 4.73. The number of hydrogen-bond donors (Lipinski definition) is 1. The summed E-state index contributed by atoms with van der Waals surface area (Å²) in [7, 11) is 1.53. The second kappa shape index (κ2) is 6.16. The van der Waals surface area contributed by atoms with Crippen LogP contribution in [0.25, 0.3) is 0 Å². The lowest BCUT2D eigenvalue weighted by Gasteiger charge is -2.19. The molecule has 2 aromatic carbocycles. The average molecular weight is 365 g/mol. The highest BCUT2D eigenvalue weighted by Crippen LogP contribution is 2.30. The van der Waals surface area contributed by atoms with Crippen molar-refractivity contribution in [2.75, 3.05) is 7.05 Å². The van der Waals surface area contributed by atoms with Crippen molar-refractivity contribution in [3.63, 3.8) is 0 Å². The molecular formula is C14H10BrClF3N. The zero-order chi connectivity index (χ0) is 14.9. The molecule has 20 heavy (non-hydrogen) atoms. The maximum Gasteiger partial charge on any atom is 0.137 e. The van der Waals surface area contributed by atoms with Gasteiger partial charge < -0.3 is 5.32 Å². The number of nitrogens with one attached hydrogen (secondary N) is 1. The fourth-order valence-corrected chi connectivity index (χ4v) is 2.47. The van der Waals surface area contributed by atoms with Gasteiger partial charge in [-0.3, -0.25) is 0 Å². The molecule has 0 saturated heterocycles. The van der Waals surface area contributed by atoms with Gasteiger partial charge in [0.05, 0.1) is 10.5 Å². The van der Waals surface area contributed by atoms with Crippen LogP contribution in [0.5, 0.6) is 0 Å². The first kappa shape index (κ1) is 15.4. The first-order valence-corrected chi connectivity index (χ1v) is 6.87. The molecule has 0 spiro atoms. The summed E-state index contributed by atoms with van der Waals surface area (Å²) in [5.41, 5.74) is 0.162. The third-order valence-corrected chi connectivity index (χ3v) is 3.75. The van der Waals surface area contributed by atoms with Crippen molar-refractivity contribution >= 4 is 27.5 Å². The van der Waals surface area contributed by atoms with Crippen LogP contribution in [-0.2, 0) is 0 Å². The van der Waals surface area contributed by atoms with Crippen molar-refractivity contribution in [2.24, 2.45) is 0 Å². The second-order valence-corrected chi connectivity index (χ2v) is 5.47. The SMILES string of the molecule is CNC(c1cc(Cl)ccc1F)c1cc(F)c(Br)cc1F. The van der Waals surface area contributed by atoms with Gasteiger partial charge >= 0.3 is 0 Å². The standard InChI is InChI=1S/C14H10BrClF3N/c1-20-14(8-4-7(16)2-3-11(8)17)9-5-13(19)10(15)6-12(9)18/h2-6,14,20H,1H3.